The number of carbonyl (C=O) groups excluding carboxylic acids is 1. The summed E-state index contributed by atoms with van der Waals surface area (Å²) in [4.78, 5) is 14.3. The van der Waals surface area contributed by atoms with E-state index in [9.17, 15) is 4.79 Å². The quantitative estimate of drug-likeness (QED) is 0.751. The van der Waals surface area contributed by atoms with Crippen molar-refractivity contribution in [3.63, 3.8) is 0 Å². The van der Waals surface area contributed by atoms with Crippen molar-refractivity contribution in [1.82, 2.24) is 4.90 Å². The molecule has 0 spiro atoms. The third-order valence-corrected chi connectivity index (χ3v) is 5.07. The van der Waals surface area contributed by atoms with Gasteiger partial charge in [-0.3, -0.25) is 4.90 Å². The third-order valence-electron chi connectivity index (χ3n) is 3.66. The maximum Gasteiger partial charge on any atom is 0.412 e. The minimum Gasteiger partial charge on any atom is -0.444 e. The molecule has 0 bridgehead atoms. The van der Waals surface area contributed by atoms with Gasteiger partial charge in [-0.15, -0.1) is 0 Å². The van der Waals surface area contributed by atoms with Crippen molar-refractivity contribution >= 4 is 29.5 Å². The molecule has 6 heteroatoms. The molecule has 1 amide bonds. The predicted molar refractivity (Wildman–Crippen MR) is 99.5 cm³/mol. The second-order valence-electron chi connectivity index (χ2n) is 7.40. The van der Waals surface area contributed by atoms with Gasteiger partial charge >= 0.3 is 6.09 Å². The summed E-state index contributed by atoms with van der Waals surface area (Å²) in [6, 6.07) is 7.84. The maximum absolute atomic E-state index is 12.6. The van der Waals surface area contributed by atoms with Gasteiger partial charge in [-0.1, -0.05) is 23.7 Å². The van der Waals surface area contributed by atoms with Gasteiger partial charge < -0.3 is 9.47 Å². The first kappa shape index (κ1) is 19.4. The van der Waals surface area contributed by atoms with E-state index in [0.29, 0.717) is 6.61 Å². The highest BCUT2D eigenvalue weighted by Gasteiger charge is 2.45. The number of rotatable bonds is 4. The second kappa shape index (κ2) is 7.54. The molecular weight excluding hydrogens is 346 g/mol. The zero-order valence-electron chi connectivity index (χ0n) is 15.0. The van der Waals surface area contributed by atoms with Crippen LogP contribution in [0.4, 0.5) is 4.79 Å². The summed E-state index contributed by atoms with van der Waals surface area (Å²) >= 11 is 7.68. The Morgan fingerprint density at radius 1 is 1.38 bits per heavy atom. The van der Waals surface area contributed by atoms with E-state index in [1.807, 2.05) is 58.9 Å². The van der Waals surface area contributed by atoms with Crippen LogP contribution >= 0.6 is 23.4 Å². The Bertz CT molecular complexity index is 569. The number of hydrogen-bond donors (Lipinski definition) is 0. The standard InChI is InChI=1S/C18H26ClNO3S/c1-17(2,3)23-16(21)20-15(10-22-18(20,4)5)12-24-11-13-6-8-14(19)9-7-13/h6-9,15H,10-12H2,1-5H3/t15-/m0/s1. The fourth-order valence-electron chi connectivity index (χ4n) is 2.58. The molecule has 1 fully saturated rings. The number of carbonyl (C=O) groups is 1. The molecule has 1 atom stereocenters. The summed E-state index contributed by atoms with van der Waals surface area (Å²) in [5, 5.41) is 0.741. The van der Waals surface area contributed by atoms with Gasteiger partial charge in [-0.05, 0) is 52.3 Å². The molecule has 0 aromatic heterocycles. The summed E-state index contributed by atoms with van der Waals surface area (Å²) in [5.41, 5.74) is 0.0521. The zero-order chi connectivity index (χ0) is 18.0. The molecule has 2 rings (SSSR count). The molecule has 1 heterocycles. The number of benzene rings is 1. The van der Waals surface area contributed by atoms with E-state index in [2.05, 4.69) is 0 Å². The topological polar surface area (TPSA) is 38.8 Å². The first-order valence-corrected chi connectivity index (χ1v) is 9.60. The van der Waals surface area contributed by atoms with Crippen LogP contribution in [-0.4, -0.2) is 40.7 Å². The smallest absolute Gasteiger partial charge is 0.412 e. The minimum absolute atomic E-state index is 0.00662. The fourth-order valence-corrected chi connectivity index (χ4v) is 3.77. The van der Waals surface area contributed by atoms with E-state index in [-0.39, 0.29) is 12.1 Å². The number of amides is 1. The van der Waals surface area contributed by atoms with Crippen molar-refractivity contribution in [1.29, 1.82) is 0 Å². The van der Waals surface area contributed by atoms with Crippen LogP contribution in [0.25, 0.3) is 0 Å². The number of hydrogen-bond acceptors (Lipinski definition) is 4. The summed E-state index contributed by atoms with van der Waals surface area (Å²) in [7, 11) is 0. The van der Waals surface area contributed by atoms with Crippen LogP contribution < -0.4 is 0 Å². The van der Waals surface area contributed by atoms with Gasteiger partial charge in [0.1, 0.15) is 11.3 Å². The molecule has 24 heavy (non-hydrogen) atoms. The van der Waals surface area contributed by atoms with Crippen LogP contribution in [0.5, 0.6) is 0 Å². The first-order valence-electron chi connectivity index (χ1n) is 8.07. The maximum atomic E-state index is 12.6. The summed E-state index contributed by atoms with van der Waals surface area (Å²) < 4.78 is 11.4. The number of thioether (sulfide) groups is 1. The summed E-state index contributed by atoms with van der Waals surface area (Å²) in [6.45, 7) is 9.96. The molecule has 4 nitrogen and oxygen atoms in total. The third kappa shape index (κ3) is 5.30. The Labute approximate surface area is 153 Å². The van der Waals surface area contributed by atoms with Crippen LogP contribution in [0.1, 0.15) is 40.2 Å². The Hall–Kier alpha value is -0.910. The van der Waals surface area contributed by atoms with Crippen LogP contribution in [0.3, 0.4) is 0 Å². The lowest BCUT2D eigenvalue weighted by molar-refractivity contribution is -0.0617. The molecule has 1 saturated heterocycles. The van der Waals surface area contributed by atoms with Gasteiger partial charge in [0.25, 0.3) is 0 Å². The predicted octanol–water partition coefficient (Wildman–Crippen LogP) is 4.95. The molecule has 1 aliphatic rings. The highest BCUT2D eigenvalue weighted by molar-refractivity contribution is 7.98. The highest BCUT2D eigenvalue weighted by Crippen LogP contribution is 2.31. The Morgan fingerprint density at radius 3 is 2.58 bits per heavy atom. The molecule has 0 N–H and O–H groups in total. The van der Waals surface area contributed by atoms with E-state index in [1.54, 1.807) is 16.7 Å². The lowest BCUT2D eigenvalue weighted by Gasteiger charge is -2.35. The van der Waals surface area contributed by atoms with Crippen LogP contribution in [0.2, 0.25) is 5.02 Å². The molecule has 1 aliphatic heterocycles. The average molecular weight is 372 g/mol. The van der Waals surface area contributed by atoms with Crippen LogP contribution in [0, 0.1) is 0 Å². The molecule has 0 saturated carbocycles. The Kier molecular flexibility index (Phi) is 6.10. The van der Waals surface area contributed by atoms with Crippen LogP contribution in [0.15, 0.2) is 24.3 Å². The lowest BCUT2D eigenvalue weighted by atomic mass is 10.2. The highest BCUT2D eigenvalue weighted by atomic mass is 35.5. The number of ether oxygens (including phenoxy) is 2. The molecule has 0 radical (unpaired) electrons. The number of nitrogens with zero attached hydrogens (tertiary/aromatic N) is 1. The molecule has 134 valence electrons. The second-order valence-corrected chi connectivity index (χ2v) is 8.87. The van der Waals surface area contributed by atoms with E-state index >= 15 is 0 Å². The van der Waals surface area contributed by atoms with Crippen molar-refractivity contribution in [2.75, 3.05) is 12.4 Å². The summed E-state index contributed by atoms with van der Waals surface area (Å²) in [6.07, 6.45) is -0.318. The minimum atomic E-state index is -0.645. The molecule has 1 aromatic rings. The molecule has 1 aromatic carbocycles. The fraction of sp³-hybridized carbons (Fsp3) is 0.611. The first-order chi connectivity index (χ1) is 11.1. The van der Waals surface area contributed by atoms with E-state index in [4.69, 9.17) is 21.1 Å². The van der Waals surface area contributed by atoms with Crippen molar-refractivity contribution in [3.8, 4) is 0 Å². The summed E-state index contributed by atoms with van der Waals surface area (Å²) in [5.74, 6) is 1.67. The monoisotopic (exact) mass is 371 g/mol. The van der Waals surface area contributed by atoms with Gasteiger partial charge in [0, 0.05) is 16.5 Å². The molecule has 0 unspecified atom stereocenters. The SMILES string of the molecule is CC(C)(C)OC(=O)N1[C@H](CSCc2ccc(Cl)cc2)COC1(C)C. The van der Waals surface area contributed by atoms with Gasteiger partial charge in [-0.2, -0.15) is 11.8 Å². The molecular formula is C18H26ClNO3S. The largest absolute Gasteiger partial charge is 0.444 e. The van der Waals surface area contributed by atoms with Crippen molar-refractivity contribution in [2.24, 2.45) is 0 Å². The Morgan fingerprint density at radius 2 is 2.00 bits per heavy atom. The van der Waals surface area contributed by atoms with Crippen molar-refractivity contribution in [2.45, 2.75) is 57.7 Å². The van der Waals surface area contributed by atoms with E-state index in [0.717, 1.165) is 16.5 Å². The van der Waals surface area contributed by atoms with Gasteiger partial charge in [0.05, 0.1) is 12.6 Å². The van der Waals surface area contributed by atoms with Gasteiger partial charge in [0.2, 0.25) is 0 Å². The number of halogens is 1. The van der Waals surface area contributed by atoms with Crippen LogP contribution in [-0.2, 0) is 15.2 Å². The van der Waals surface area contributed by atoms with E-state index in [1.165, 1.54) is 5.56 Å². The zero-order valence-corrected chi connectivity index (χ0v) is 16.5. The van der Waals surface area contributed by atoms with Gasteiger partial charge in [0.15, 0.2) is 0 Å². The lowest BCUT2D eigenvalue weighted by Crippen LogP contribution is -2.50. The van der Waals surface area contributed by atoms with Gasteiger partial charge in [-0.25, -0.2) is 4.79 Å². The normalized spacial score (nSPS) is 20.2. The van der Waals surface area contributed by atoms with E-state index < -0.39 is 11.3 Å². The van der Waals surface area contributed by atoms with Crippen molar-refractivity contribution in [3.05, 3.63) is 34.9 Å². The Balaban J connectivity index is 1.95. The molecule has 0 aliphatic carbocycles. The average Bonchev–Trinajstić information content (AvgIpc) is 2.74. The van der Waals surface area contributed by atoms with Crippen molar-refractivity contribution < 1.29 is 14.3 Å².